The quantitative estimate of drug-likeness (QED) is 0.894. The summed E-state index contributed by atoms with van der Waals surface area (Å²) in [5.74, 6) is -1.09. The van der Waals surface area contributed by atoms with Crippen molar-refractivity contribution in [3.63, 3.8) is 0 Å². The molecule has 1 unspecified atom stereocenters. The molecule has 0 spiro atoms. The number of carbonyl (C=O) groups excluding carboxylic acids is 1. The number of carboxylic acid groups (broad SMARTS) is 1. The Bertz CT molecular complexity index is 495. The second-order valence-electron chi connectivity index (χ2n) is 5.10. The third-order valence-electron chi connectivity index (χ3n) is 3.48. The van der Waals surface area contributed by atoms with Crippen molar-refractivity contribution in [3.8, 4) is 0 Å². The lowest BCUT2D eigenvalue weighted by atomic mass is 9.97. The van der Waals surface area contributed by atoms with Crippen LogP contribution in [-0.4, -0.2) is 40.1 Å². The molecule has 1 aromatic heterocycles. The number of aryl methyl sites for hydroxylation is 1. The Kier molecular flexibility index (Phi) is 4.59. The zero-order chi connectivity index (χ0) is 14.7. The van der Waals surface area contributed by atoms with Crippen LogP contribution in [0.2, 0.25) is 0 Å². The number of likely N-dealkylation sites (tertiary alicyclic amines) is 1. The zero-order valence-electron chi connectivity index (χ0n) is 11.6. The molecule has 0 aromatic carbocycles. The first-order chi connectivity index (χ1) is 9.47. The van der Waals surface area contributed by atoms with Crippen molar-refractivity contribution in [3.05, 3.63) is 16.1 Å². The van der Waals surface area contributed by atoms with Gasteiger partial charge in [0.05, 0.1) is 12.0 Å². The average molecular weight is 297 g/mol. The summed E-state index contributed by atoms with van der Waals surface area (Å²) >= 11 is 1.53. The highest BCUT2D eigenvalue weighted by Gasteiger charge is 2.27. The van der Waals surface area contributed by atoms with Crippen LogP contribution in [0.4, 0.5) is 4.79 Å². The minimum Gasteiger partial charge on any atom is -0.481 e. The summed E-state index contributed by atoms with van der Waals surface area (Å²) in [5, 5.41) is 14.7. The van der Waals surface area contributed by atoms with Crippen molar-refractivity contribution in [2.45, 2.75) is 32.7 Å². The average Bonchev–Trinajstić information content (AvgIpc) is 2.85. The molecule has 0 bridgehead atoms. The fourth-order valence-electron chi connectivity index (χ4n) is 2.24. The molecule has 20 heavy (non-hydrogen) atoms. The number of carbonyl (C=O) groups is 2. The summed E-state index contributed by atoms with van der Waals surface area (Å²) in [6.07, 6.45) is 1.04. The van der Waals surface area contributed by atoms with Gasteiger partial charge < -0.3 is 15.3 Å². The molecule has 1 aliphatic heterocycles. The van der Waals surface area contributed by atoms with Crippen LogP contribution >= 0.6 is 11.3 Å². The summed E-state index contributed by atoms with van der Waals surface area (Å²) in [6.45, 7) is 4.81. The van der Waals surface area contributed by atoms with Gasteiger partial charge in [-0.2, -0.15) is 0 Å². The number of aliphatic carboxylic acids is 1. The van der Waals surface area contributed by atoms with E-state index in [2.05, 4.69) is 10.3 Å². The van der Waals surface area contributed by atoms with Crippen LogP contribution in [0.3, 0.4) is 0 Å². The molecular formula is C13H19N3O3S. The number of nitrogens with zero attached hydrogens (tertiary/aromatic N) is 2. The molecule has 110 valence electrons. The van der Waals surface area contributed by atoms with Gasteiger partial charge in [-0.05, 0) is 26.7 Å². The lowest BCUT2D eigenvalue weighted by molar-refractivity contribution is -0.143. The topological polar surface area (TPSA) is 82.5 Å². The number of aromatic nitrogens is 1. The molecule has 7 heteroatoms. The van der Waals surface area contributed by atoms with Crippen LogP contribution in [0.5, 0.6) is 0 Å². The number of thiazole rings is 1. The molecule has 1 aliphatic rings. The Labute approximate surface area is 121 Å². The lowest BCUT2D eigenvalue weighted by Gasteiger charge is -2.31. The number of rotatable bonds is 3. The molecule has 2 heterocycles. The van der Waals surface area contributed by atoms with Crippen LogP contribution in [0, 0.1) is 12.8 Å². The predicted molar refractivity (Wildman–Crippen MR) is 75.7 cm³/mol. The van der Waals surface area contributed by atoms with Crippen molar-refractivity contribution in [2.75, 3.05) is 13.1 Å². The molecule has 2 amide bonds. The first-order valence-electron chi connectivity index (χ1n) is 6.67. The number of carboxylic acids is 1. The highest BCUT2D eigenvalue weighted by atomic mass is 32.1. The highest BCUT2D eigenvalue weighted by Crippen LogP contribution is 2.20. The highest BCUT2D eigenvalue weighted by molar-refractivity contribution is 7.09. The van der Waals surface area contributed by atoms with Gasteiger partial charge in [0.15, 0.2) is 0 Å². The van der Waals surface area contributed by atoms with E-state index in [0.717, 1.165) is 10.7 Å². The lowest BCUT2D eigenvalue weighted by Crippen LogP contribution is -2.46. The summed E-state index contributed by atoms with van der Waals surface area (Å²) in [7, 11) is 0. The minimum absolute atomic E-state index is 0.126. The Morgan fingerprint density at radius 3 is 2.65 bits per heavy atom. The van der Waals surface area contributed by atoms with Crippen LogP contribution in [0.1, 0.15) is 36.5 Å². The molecule has 1 atom stereocenters. The van der Waals surface area contributed by atoms with Crippen molar-refractivity contribution >= 4 is 23.3 Å². The second kappa shape index (κ2) is 6.21. The van der Waals surface area contributed by atoms with Gasteiger partial charge >= 0.3 is 12.0 Å². The SMILES string of the molecule is Cc1csc(C(C)NC(=O)N2CCC(C(=O)O)CC2)n1. The molecule has 0 saturated carbocycles. The number of nitrogens with one attached hydrogen (secondary N) is 1. The van der Waals surface area contributed by atoms with Gasteiger partial charge in [0, 0.05) is 24.2 Å². The second-order valence-corrected chi connectivity index (χ2v) is 5.99. The fourth-order valence-corrected chi connectivity index (χ4v) is 3.04. The van der Waals surface area contributed by atoms with Crippen molar-refractivity contribution in [1.82, 2.24) is 15.2 Å². The first-order valence-corrected chi connectivity index (χ1v) is 7.55. The molecule has 2 N–H and O–H groups in total. The number of hydrogen-bond donors (Lipinski definition) is 2. The molecule has 1 fully saturated rings. The fraction of sp³-hybridized carbons (Fsp3) is 0.615. The van der Waals surface area contributed by atoms with Gasteiger partial charge in [0.25, 0.3) is 0 Å². The molecular weight excluding hydrogens is 278 g/mol. The number of amides is 2. The van der Waals surface area contributed by atoms with E-state index in [0.29, 0.717) is 25.9 Å². The van der Waals surface area contributed by atoms with E-state index in [1.165, 1.54) is 11.3 Å². The Morgan fingerprint density at radius 2 is 2.15 bits per heavy atom. The first kappa shape index (κ1) is 14.8. The van der Waals surface area contributed by atoms with Crippen molar-refractivity contribution in [1.29, 1.82) is 0 Å². The van der Waals surface area contributed by atoms with E-state index < -0.39 is 5.97 Å². The maximum Gasteiger partial charge on any atom is 0.317 e. The van der Waals surface area contributed by atoms with Crippen LogP contribution in [0.25, 0.3) is 0 Å². The summed E-state index contributed by atoms with van der Waals surface area (Å²) < 4.78 is 0. The van der Waals surface area contributed by atoms with Gasteiger partial charge in [0.1, 0.15) is 5.01 Å². The normalized spacial score (nSPS) is 17.8. The number of urea groups is 1. The van der Waals surface area contributed by atoms with E-state index in [4.69, 9.17) is 5.11 Å². The zero-order valence-corrected chi connectivity index (χ0v) is 12.4. The van der Waals surface area contributed by atoms with E-state index in [1.54, 1.807) is 4.90 Å². The molecule has 6 nitrogen and oxygen atoms in total. The van der Waals surface area contributed by atoms with Gasteiger partial charge in [-0.25, -0.2) is 9.78 Å². The van der Waals surface area contributed by atoms with Crippen LogP contribution < -0.4 is 5.32 Å². The van der Waals surface area contributed by atoms with E-state index in [9.17, 15) is 9.59 Å². The molecule has 1 aromatic rings. The Balaban J connectivity index is 1.85. The third kappa shape index (κ3) is 3.47. The standard InChI is InChI=1S/C13H19N3O3S/c1-8-7-20-11(14-8)9(2)15-13(19)16-5-3-10(4-6-16)12(17)18/h7,9-10H,3-6H2,1-2H3,(H,15,19)(H,17,18). The summed E-state index contributed by atoms with van der Waals surface area (Å²) in [5.41, 5.74) is 0.952. The van der Waals surface area contributed by atoms with Gasteiger partial charge in [-0.1, -0.05) is 0 Å². The Hall–Kier alpha value is -1.63. The van der Waals surface area contributed by atoms with Crippen LogP contribution in [0.15, 0.2) is 5.38 Å². The third-order valence-corrected chi connectivity index (χ3v) is 4.62. The summed E-state index contributed by atoms with van der Waals surface area (Å²) in [4.78, 5) is 29.0. The van der Waals surface area contributed by atoms with E-state index >= 15 is 0 Å². The van der Waals surface area contributed by atoms with Gasteiger partial charge in [0.2, 0.25) is 0 Å². The van der Waals surface area contributed by atoms with Crippen molar-refractivity contribution in [2.24, 2.45) is 5.92 Å². The Morgan fingerprint density at radius 1 is 1.50 bits per heavy atom. The minimum atomic E-state index is -0.767. The predicted octanol–water partition coefficient (Wildman–Crippen LogP) is 2.02. The van der Waals surface area contributed by atoms with Crippen LogP contribution in [-0.2, 0) is 4.79 Å². The van der Waals surface area contributed by atoms with Crippen molar-refractivity contribution < 1.29 is 14.7 Å². The number of piperidine rings is 1. The molecule has 0 radical (unpaired) electrons. The maximum absolute atomic E-state index is 12.1. The van der Waals surface area contributed by atoms with E-state index in [-0.39, 0.29) is 18.0 Å². The monoisotopic (exact) mass is 297 g/mol. The van der Waals surface area contributed by atoms with Gasteiger partial charge in [-0.15, -0.1) is 11.3 Å². The largest absolute Gasteiger partial charge is 0.481 e. The number of hydrogen-bond acceptors (Lipinski definition) is 4. The van der Waals surface area contributed by atoms with E-state index in [1.807, 2.05) is 19.2 Å². The molecule has 1 saturated heterocycles. The van der Waals surface area contributed by atoms with Gasteiger partial charge in [-0.3, -0.25) is 4.79 Å². The maximum atomic E-state index is 12.1. The molecule has 2 rings (SSSR count). The smallest absolute Gasteiger partial charge is 0.317 e. The summed E-state index contributed by atoms with van der Waals surface area (Å²) in [6, 6.07) is -0.271. The molecule has 0 aliphatic carbocycles.